The first kappa shape index (κ1) is 22.5. The predicted molar refractivity (Wildman–Crippen MR) is 140 cm³/mol. The zero-order valence-corrected chi connectivity index (χ0v) is 19.5. The van der Waals surface area contributed by atoms with Crippen LogP contribution in [0.5, 0.6) is 5.75 Å². The molecule has 5 aromatic rings. The number of rotatable bonds is 9. The Kier molecular flexibility index (Phi) is 6.62. The van der Waals surface area contributed by atoms with Crippen LogP contribution in [0.1, 0.15) is 34.6 Å². The Hall–Kier alpha value is -4.31. The number of fused-ring (bicyclic) bond motifs is 1. The molecule has 1 unspecified atom stereocenters. The molecule has 2 N–H and O–H groups in total. The molecule has 0 radical (unpaired) electrons. The summed E-state index contributed by atoms with van der Waals surface area (Å²) < 4.78 is 8.33. The van der Waals surface area contributed by atoms with Gasteiger partial charge in [-0.2, -0.15) is 0 Å². The minimum absolute atomic E-state index is 0.172. The number of benzene rings is 4. The van der Waals surface area contributed by atoms with Gasteiger partial charge in [0.15, 0.2) is 0 Å². The van der Waals surface area contributed by atoms with Gasteiger partial charge in [-0.25, -0.2) is 0 Å². The van der Waals surface area contributed by atoms with E-state index in [-0.39, 0.29) is 18.2 Å². The molecule has 0 aliphatic carbocycles. The third kappa shape index (κ3) is 5.28. The van der Waals surface area contributed by atoms with Crippen molar-refractivity contribution in [1.82, 2.24) is 4.57 Å². The third-order valence-corrected chi connectivity index (χ3v) is 6.30. The Morgan fingerprint density at radius 3 is 2.23 bits per heavy atom. The zero-order chi connectivity index (χ0) is 24.0. The van der Waals surface area contributed by atoms with E-state index in [1.165, 1.54) is 5.56 Å². The first-order valence-electron chi connectivity index (χ1n) is 11.8. The maximum absolute atomic E-state index is 12.2. The van der Waals surface area contributed by atoms with Crippen molar-refractivity contribution in [3.8, 4) is 5.75 Å². The van der Waals surface area contributed by atoms with E-state index in [0.29, 0.717) is 6.61 Å². The fourth-order valence-corrected chi connectivity index (χ4v) is 4.63. The lowest BCUT2D eigenvalue weighted by Crippen LogP contribution is -2.16. The Morgan fingerprint density at radius 2 is 1.49 bits per heavy atom. The van der Waals surface area contributed by atoms with Gasteiger partial charge in [0.2, 0.25) is 5.91 Å². The average molecular weight is 461 g/mol. The highest BCUT2D eigenvalue weighted by molar-refractivity contribution is 5.86. The van der Waals surface area contributed by atoms with Crippen molar-refractivity contribution < 1.29 is 9.53 Å². The summed E-state index contributed by atoms with van der Waals surface area (Å²) >= 11 is 0. The second-order valence-electron chi connectivity index (χ2n) is 8.78. The Labute approximate surface area is 205 Å². The number of hydrogen-bond acceptors (Lipinski definition) is 2. The van der Waals surface area contributed by atoms with Gasteiger partial charge >= 0.3 is 0 Å². The third-order valence-electron chi connectivity index (χ3n) is 6.30. The highest BCUT2D eigenvalue weighted by atomic mass is 16.5. The number of nitrogens with two attached hydrogens (primary N) is 1. The Morgan fingerprint density at radius 1 is 0.800 bits per heavy atom. The van der Waals surface area contributed by atoms with Crippen LogP contribution in [0.15, 0.2) is 115 Å². The van der Waals surface area contributed by atoms with Gasteiger partial charge < -0.3 is 15.0 Å². The normalized spacial score (nSPS) is 11.9. The molecule has 0 saturated carbocycles. The molecule has 4 aromatic carbocycles. The summed E-state index contributed by atoms with van der Waals surface area (Å²) in [6.07, 6.45) is 2.39. The SMILES string of the molecule is NC(=O)CC(c1cccc(OCc2ccccc2)c1)c1cn(Cc2ccccc2)c2ccccc12. The molecule has 4 heteroatoms. The second kappa shape index (κ2) is 10.3. The van der Waals surface area contributed by atoms with Crippen LogP contribution in [0.2, 0.25) is 0 Å². The largest absolute Gasteiger partial charge is 0.489 e. The average Bonchev–Trinajstić information content (AvgIpc) is 3.25. The van der Waals surface area contributed by atoms with Gasteiger partial charge in [-0.05, 0) is 40.5 Å². The maximum Gasteiger partial charge on any atom is 0.218 e. The van der Waals surface area contributed by atoms with Gasteiger partial charge in [0.05, 0.1) is 0 Å². The first-order valence-corrected chi connectivity index (χ1v) is 11.8. The van der Waals surface area contributed by atoms with E-state index in [2.05, 4.69) is 53.2 Å². The first-order chi connectivity index (χ1) is 17.2. The van der Waals surface area contributed by atoms with Crippen LogP contribution >= 0.6 is 0 Å². The Bertz CT molecular complexity index is 1420. The number of nitrogens with zero attached hydrogens (tertiary/aromatic N) is 1. The summed E-state index contributed by atoms with van der Waals surface area (Å²) in [5.41, 5.74) is 11.3. The van der Waals surface area contributed by atoms with Gasteiger partial charge in [-0.3, -0.25) is 4.79 Å². The molecule has 35 heavy (non-hydrogen) atoms. The van der Waals surface area contributed by atoms with Gasteiger partial charge in [0.25, 0.3) is 0 Å². The van der Waals surface area contributed by atoms with Gasteiger partial charge in [-0.1, -0.05) is 91.0 Å². The number of aromatic nitrogens is 1. The molecule has 0 aliphatic rings. The van der Waals surface area contributed by atoms with Crippen molar-refractivity contribution in [3.05, 3.63) is 138 Å². The standard InChI is InChI=1S/C31H28N2O2/c32-31(34)19-28(25-14-9-15-26(18-25)35-22-24-12-5-2-6-13-24)29-21-33(20-23-10-3-1-4-11-23)30-17-8-7-16-27(29)30/h1-18,21,28H,19-20,22H2,(H2,32,34). The Balaban J connectivity index is 1.50. The predicted octanol–water partition coefficient (Wildman–Crippen LogP) is 6.28. The van der Waals surface area contributed by atoms with E-state index in [1.54, 1.807) is 0 Å². The minimum Gasteiger partial charge on any atom is -0.489 e. The number of ether oxygens (including phenoxy) is 1. The van der Waals surface area contributed by atoms with Crippen molar-refractivity contribution >= 4 is 16.8 Å². The molecule has 174 valence electrons. The fraction of sp³-hybridized carbons (Fsp3) is 0.129. The van der Waals surface area contributed by atoms with Crippen LogP contribution in [0.3, 0.4) is 0 Å². The number of primary amides is 1. The monoisotopic (exact) mass is 460 g/mol. The molecule has 0 bridgehead atoms. The second-order valence-corrected chi connectivity index (χ2v) is 8.78. The summed E-state index contributed by atoms with van der Waals surface area (Å²) in [6.45, 7) is 1.24. The van der Waals surface area contributed by atoms with E-state index in [1.807, 2.05) is 66.7 Å². The molecular formula is C31H28N2O2. The smallest absolute Gasteiger partial charge is 0.218 e. The summed E-state index contributed by atoms with van der Waals surface area (Å²) in [4.78, 5) is 12.2. The molecular weight excluding hydrogens is 432 g/mol. The summed E-state index contributed by atoms with van der Waals surface area (Å²) in [7, 11) is 0. The van der Waals surface area contributed by atoms with Crippen LogP contribution in [0.4, 0.5) is 0 Å². The minimum atomic E-state index is -0.328. The molecule has 1 amide bonds. The summed E-state index contributed by atoms with van der Waals surface area (Å²) in [6, 6.07) is 36.8. The molecule has 0 spiro atoms. The number of amides is 1. The highest BCUT2D eigenvalue weighted by Gasteiger charge is 2.22. The van der Waals surface area contributed by atoms with Crippen LogP contribution in [0.25, 0.3) is 10.9 Å². The molecule has 0 fully saturated rings. The van der Waals surface area contributed by atoms with E-state index < -0.39 is 0 Å². The van der Waals surface area contributed by atoms with E-state index in [0.717, 1.165) is 39.9 Å². The molecule has 1 heterocycles. The van der Waals surface area contributed by atoms with Crippen LogP contribution in [-0.2, 0) is 17.9 Å². The molecule has 1 atom stereocenters. The van der Waals surface area contributed by atoms with E-state index >= 15 is 0 Å². The van der Waals surface area contributed by atoms with Gasteiger partial charge in [0, 0.05) is 36.0 Å². The van der Waals surface area contributed by atoms with Crippen molar-refractivity contribution in [2.45, 2.75) is 25.5 Å². The maximum atomic E-state index is 12.2. The molecule has 4 nitrogen and oxygen atoms in total. The number of carbonyl (C=O) groups excluding carboxylic acids is 1. The molecule has 0 aliphatic heterocycles. The van der Waals surface area contributed by atoms with Crippen molar-refractivity contribution in [1.29, 1.82) is 0 Å². The van der Waals surface area contributed by atoms with E-state index in [4.69, 9.17) is 10.5 Å². The molecule has 5 rings (SSSR count). The van der Waals surface area contributed by atoms with Crippen molar-refractivity contribution in [2.75, 3.05) is 0 Å². The number of carbonyl (C=O) groups is 1. The molecule has 1 aromatic heterocycles. The van der Waals surface area contributed by atoms with Crippen LogP contribution in [-0.4, -0.2) is 10.5 Å². The summed E-state index contributed by atoms with van der Waals surface area (Å²) in [5, 5.41) is 1.13. The van der Waals surface area contributed by atoms with Crippen molar-refractivity contribution in [3.63, 3.8) is 0 Å². The number of para-hydroxylation sites is 1. The summed E-state index contributed by atoms with van der Waals surface area (Å²) in [5.74, 6) is 0.272. The van der Waals surface area contributed by atoms with Gasteiger partial charge in [-0.15, -0.1) is 0 Å². The lowest BCUT2D eigenvalue weighted by Gasteiger charge is -2.17. The molecule has 0 saturated heterocycles. The number of hydrogen-bond donors (Lipinski definition) is 1. The highest BCUT2D eigenvalue weighted by Crippen LogP contribution is 2.36. The fourth-order valence-electron chi connectivity index (χ4n) is 4.63. The quantitative estimate of drug-likeness (QED) is 0.282. The lowest BCUT2D eigenvalue weighted by molar-refractivity contribution is -0.118. The van der Waals surface area contributed by atoms with Crippen molar-refractivity contribution in [2.24, 2.45) is 5.73 Å². The zero-order valence-electron chi connectivity index (χ0n) is 19.5. The van der Waals surface area contributed by atoms with Gasteiger partial charge in [0.1, 0.15) is 12.4 Å². The van der Waals surface area contributed by atoms with Crippen LogP contribution < -0.4 is 10.5 Å². The van der Waals surface area contributed by atoms with E-state index in [9.17, 15) is 4.79 Å². The van der Waals surface area contributed by atoms with Crippen LogP contribution in [0, 0.1) is 0 Å². The lowest BCUT2D eigenvalue weighted by atomic mass is 9.88. The topological polar surface area (TPSA) is 57.3 Å².